The summed E-state index contributed by atoms with van der Waals surface area (Å²) in [5.74, 6) is 0.942. The summed E-state index contributed by atoms with van der Waals surface area (Å²) in [7, 11) is 0. The Kier molecular flexibility index (Phi) is 1.94. The number of nitrogen functional groups attached to an aromatic ring is 1. The summed E-state index contributed by atoms with van der Waals surface area (Å²) in [5, 5.41) is 0. The molecule has 0 unspecified atom stereocenters. The van der Waals surface area contributed by atoms with Crippen LogP contribution in [0.4, 0.5) is 5.69 Å². The van der Waals surface area contributed by atoms with Gasteiger partial charge in [-0.2, -0.15) is 0 Å². The van der Waals surface area contributed by atoms with Crippen molar-refractivity contribution in [3.05, 3.63) is 35.5 Å². The first-order valence-electron chi connectivity index (χ1n) is 5.62. The molecule has 3 rings (SSSR count). The Labute approximate surface area is 90.4 Å². The zero-order valence-corrected chi connectivity index (χ0v) is 8.82. The molecule has 1 heterocycles. The Balaban J connectivity index is 1.83. The van der Waals surface area contributed by atoms with Gasteiger partial charge in [0.05, 0.1) is 0 Å². The molecule has 0 atom stereocenters. The minimum absolute atomic E-state index is 0.898. The van der Waals surface area contributed by atoms with Gasteiger partial charge in [0.15, 0.2) is 0 Å². The highest BCUT2D eigenvalue weighted by atomic mass is 15.1. The molecule has 0 radical (unpaired) electrons. The Morgan fingerprint density at radius 2 is 2.20 bits per heavy atom. The summed E-state index contributed by atoms with van der Waals surface area (Å²) in [6.07, 6.45) is 7.16. The van der Waals surface area contributed by atoms with E-state index in [1.165, 1.54) is 30.5 Å². The van der Waals surface area contributed by atoms with Crippen LogP contribution >= 0.6 is 0 Å². The van der Waals surface area contributed by atoms with Crippen molar-refractivity contribution in [2.75, 3.05) is 12.3 Å². The van der Waals surface area contributed by atoms with E-state index in [0.717, 1.165) is 18.2 Å². The van der Waals surface area contributed by atoms with Crippen molar-refractivity contribution in [2.24, 2.45) is 5.92 Å². The molecule has 0 bridgehead atoms. The quantitative estimate of drug-likeness (QED) is 0.743. The van der Waals surface area contributed by atoms with E-state index >= 15 is 0 Å². The summed E-state index contributed by atoms with van der Waals surface area (Å²) >= 11 is 0. The number of hydrogen-bond donors (Lipinski definition) is 1. The Hall–Kier alpha value is -1.44. The van der Waals surface area contributed by atoms with Crippen LogP contribution in [0.3, 0.4) is 0 Å². The summed E-state index contributed by atoms with van der Waals surface area (Å²) in [5.41, 5.74) is 9.40. The molecule has 0 saturated heterocycles. The van der Waals surface area contributed by atoms with E-state index in [9.17, 15) is 0 Å². The lowest BCUT2D eigenvalue weighted by Crippen LogP contribution is -2.22. The maximum atomic E-state index is 5.93. The average molecular weight is 200 g/mol. The van der Waals surface area contributed by atoms with Crippen molar-refractivity contribution in [3.8, 4) is 0 Å². The highest BCUT2D eigenvalue weighted by molar-refractivity contribution is 5.68. The fourth-order valence-electron chi connectivity index (χ4n) is 2.18. The predicted octanol–water partition coefficient (Wildman–Crippen LogP) is 2.47. The van der Waals surface area contributed by atoms with Crippen LogP contribution in [0.2, 0.25) is 0 Å². The van der Waals surface area contributed by atoms with Gasteiger partial charge in [-0.1, -0.05) is 12.1 Å². The molecular weight excluding hydrogens is 184 g/mol. The lowest BCUT2D eigenvalue weighted by molar-refractivity contribution is 0.351. The molecule has 2 N–H and O–H groups in total. The molecule has 1 fully saturated rings. The van der Waals surface area contributed by atoms with Gasteiger partial charge in [-0.3, -0.25) is 0 Å². The molecule has 2 nitrogen and oxygen atoms in total. The molecular formula is C13H16N2. The van der Waals surface area contributed by atoms with Crippen LogP contribution in [-0.4, -0.2) is 11.4 Å². The predicted molar refractivity (Wildman–Crippen MR) is 63.0 cm³/mol. The largest absolute Gasteiger partial charge is 0.398 e. The van der Waals surface area contributed by atoms with Gasteiger partial charge in [-0.25, -0.2) is 0 Å². The van der Waals surface area contributed by atoms with Crippen molar-refractivity contribution in [1.29, 1.82) is 0 Å². The van der Waals surface area contributed by atoms with Crippen molar-refractivity contribution >= 4 is 11.8 Å². The molecule has 1 aromatic rings. The van der Waals surface area contributed by atoms with Crippen LogP contribution in [0.15, 0.2) is 24.4 Å². The average Bonchev–Trinajstić information content (AvgIpc) is 3.02. The van der Waals surface area contributed by atoms with Crippen molar-refractivity contribution in [2.45, 2.75) is 19.4 Å². The van der Waals surface area contributed by atoms with E-state index < -0.39 is 0 Å². The summed E-state index contributed by atoms with van der Waals surface area (Å²) < 4.78 is 0. The number of nitrogens with zero attached hydrogens (tertiary/aromatic N) is 1. The SMILES string of the molecule is Nc1cccc2c1C=CN(CC1CC1)C2. The van der Waals surface area contributed by atoms with Gasteiger partial charge in [-0.15, -0.1) is 0 Å². The normalized spacial score (nSPS) is 19.1. The number of fused-ring (bicyclic) bond motifs is 1. The van der Waals surface area contributed by atoms with Crippen molar-refractivity contribution < 1.29 is 0 Å². The third-order valence-corrected chi connectivity index (χ3v) is 3.25. The number of anilines is 1. The molecule has 0 amide bonds. The Bertz CT molecular complexity index is 405. The van der Waals surface area contributed by atoms with E-state index in [1.807, 2.05) is 12.1 Å². The van der Waals surface area contributed by atoms with Crippen LogP contribution in [-0.2, 0) is 6.54 Å². The van der Waals surface area contributed by atoms with Gasteiger partial charge in [0.1, 0.15) is 0 Å². The summed E-state index contributed by atoms with van der Waals surface area (Å²) in [6, 6.07) is 6.19. The second kappa shape index (κ2) is 3.30. The van der Waals surface area contributed by atoms with Gasteiger partial charge >= 0.3 is 0 Å². The highest BCUT2D eigenvalue weighted by Crippen LogP contribution is 2.32. The summed E-state index contributed by atoms with van der Waals surface area (Å²) in [4.78, 5) is 2.40. The van der Waals surface area contributed by atoms with Gasteiger partial charge in [0.2, 0.25) is 0 Å². The maximum absolute atomic E-state index is 5.93. The van der Waals surface area contributed by atoms with Gasteiger partial charge in [-0.05, 0) is 36.5 Å². The highest BCUT2D eigenvalue weighted by Gasteiger charge is 2.24. The zero-order chi connectivity index (χ0) is 10.3. The van der Waals surface area contributed by atoms with Crippen LogP contribution in [0.5, 0.6) is 0 Å². The van der Waals surface area contributed by atoms with Crippen molar-refractivity contribution in [1.82, 2.24) is 4.90 Å². The lowest BCUT2D eigenvalue weighted by Gasteiger charge is -2.25. The molecule has 2 aliphatic rings. The molecule has 1 aromatic carbocycles. The minimum Gasteiger partial charge on any atom is -0.398 e. The first-order valence-corrected chi connectivity index (χ1v) is 5.62. The molecule has 0 spiro atoms. The van der Waals surface area contributed by atoms with Crippen molar-refractivity contribution in [3.63, 3.8) is 0 Å². The van der Waals surface area contributed by atoms with Crippen LogP contribution in [0.25, 0.3) is 6.08 Å². The molecule has 15 heavy (non-hydrogen) atoms. The standard InChI is InChI=1S/C13H16N2/c14-13-3-1-2-11-9-15(7-6-12(11)13)8-10-4-5-10/h1-3,6-7,10H,4-5,8-9,14H2. The molecule has 78 valence electrons. The Morgan fingerprint density at radius 3 is 3.00 bits per heavy atom. The van der Waals surface area contributed by atoms with Crippen LogP contribution in [0, 0.1) is 5.92 Å². The monoisotopic (exact) mass is 200 g/mol. The van der Waals surface area contributed by atoms with Gasteiger partial charge in [0.25, 0.3) is 0 Å². The number of nitrogens with two attached hydrogens (primary N) is 1. The summed E-state index contributed by atoms with van der Waals surface area (Å²) in [6.45, 7) is 2.23. The molecule has 0 aromatic heterocycles. The van der Waals surface area contributed by atoms with Crippen LogP contribution in [0.1, 0.15) is 24.0 Å². The van der Waals surface area contributed by atoms with E-state index in [2.05, 4.69) is 23.2 Å². The second-order valence-corrected chi connectivity index (χ2v) is 4.61. The topological polar surface area (TPSA) is 29.3 Å². The lowest BCUT2D eigenvalue weighted by atomic mass is 10.0. The smallest absolute Gasteiger partial charge is 0.0430 e. The Morgan fingerprint density at radius 1 is 1.33 bits per heavy atom. The fraction of sp³-hybridized carbons (Fsp3) is 0.385. The minimum atomic E-state index is 0.898. The molecule has 1 aliphatic heterocycles. The first-order chi connectivity index (χ1) is 7.33. The van der Waals surface area contributed by atoms with E-state index in [-0.39, 0.29) is 0 Å². The van der Waals surface area contributed by atoms with Crippen LogP contribution < -0.4 is 5.73 Å². The molecule has 1 saturated carbocycles. The maximum Gasteiger partial charge on any atom is 0.0430 e. The van der Waals surface area contributed by atoms with E-state index in [0.29, 0.717) is 0 Å². The first kappa shape index (κ1) is 8.84. The number of hydrogen-bond acceptors (Lipinski definition) is 2. The third kappa shape index (κ3) is 1.72. The van der Waals surface area contributed by atoms with E-state index in [1.54, 1.807) is 0 Å². The molecule has 2 heteroatoms. The van der Waals surface area contributed by atoms with Gasteiger partial charge in [0, 0.05) is 30.5 Å². The number of rotatable bonds is 2. The van der Waals surface area contributed by atoms with Gasteiger partial charge < -0.3 is 10.6 Å². The molecule has 1 aliphatic carbocycles. The third-order valence-electron chi connectivity index (χ3n) is 3.25. The zero-order valence-electron chi connectivity index (χ0n) is 8.82. The number of benzene rings is 1. The van der Waals surface area contributed by atoms with E-state index in [4.69, 9.17) is 5.73 Å². The second-order valence-electron chi connectivity index (χ2n) is 4.61. The fourth-order valence-corrected chi connectivity index (χ4v) is 2.18.